The van der Waals surface area contributed by atoms with Gasteiger partial charge in [-0.05, 0) is 38.5 Å². The third-order valence-corrected chi connectivity index (χ3v) is 6.68. The molecule has 138 valence electrons. The van der Waals surface area contributed by atoms with E-state index in [4.69, 9.17) is 4.74 Å². The standard InChI is InChI=1S/C22H19BrO4/c1-4-21(19(25)14-7-5-12(2)6-8-14)18-16-11-15(23)9-10-17(16)27-20(26)22(18,21)13(3)24/h5-11,18H,4H2,1-3H3/t18-,21-,22+/m0/s1. The summed E-state index contributed by atoms with van der Waals surface area (Å²) in [6.45, 7) is 5.19. The number of aryl methyl sites for hydroxylation is 1. The largest absolute Gasteiger partial charge is 0.425 e. The number of carbonyl (C=O) groups excluding carboxylic acids is 3. The molecule has 0 amide bonds. The van der Waals surface area contributed by atoms with Crippen molar-refractivity contribution >= 4 is 33.5 Å². The molecule has 1 aliphatic heterocycles. The van der Waals surface area contributed by atoms with Crippen LogP contribution in [0.2, 0.25) is 0 Å². The van der Waals surface area contributed by atoms with E-state index in [1.165, 1.54) is 6.92 Å². The topological polar surface area (TPSA) is 60.4 Å². The van der Waals surface area contributed by atoms with Crippen molar-refractivity contribution in [2.45, 2.75) is 33.1 Å². The SMILES string of the molecule is CC[C@@]1(C(=O)c2ccc(C)cc2)[C@@H]2c3cc(Br)ccc3OC(=O)[C@@]21C(C)=O. The Labute approximate surface area is 166 Å². The Morgan fingerprint density at radius 2 is 1.81 bits per heavy atom. The maximum atomic E-state index is 13.6. The van der Waals surface area contributed by atoms with Gasteiger partial charge in [-0.2, -0.15) is 0 Å². The van der Waals surface area contributed by atoms with Crippen molar-refractivity contribution in [3.63, 3.8) is 0 Å². The van der Waals surface area contributed by atoms with Gasteiger partial charge in [0.25, 0.3) is 0 Å². The third-order valence-electron chi connectivity index (χ3n) is 6.19. The molecule has 3 atom stereocenters. The Bertz CT molecular complexity index is 994. The first-order valence-electron chi connectivity index (χ1n) is 8.95. The van der Waals surface area contributed by atoms with E-state index >= 15 is 0 Å². The normalized spacial score (nSPS) is 28.0. The fraction of sp³-hybridized carbons (Fsp3) is 0.318. The number of ether oxygens (including phenoxy) is 1. The van der Waals surface area contributed by atoms with E-state index in [0.29, 0.717) is 17.7 Å². The number of rotatable bonds is 4. The third kappa shape index (κ3) is 2.12. The van der Waals surface area contributed by atoms with Gasteiger partial charge in [-0.25, -0.2) is 0 Å². The van der Waals surface area contributed by atoms with Gasteiger partial charge in [0.2, 0.25) is 0 Å². The van der Waals surface area contributed by atoms with E-state index in [9.17, 15) is 14.4 Å². The molecular weight excluding hydrogens is 408 g/mol. The van der Waals surface area contributed by atoms with Crippen molar-refractivity contribution in [1.29, 1.82) is 0 Å². The Balaban J connectivity index is 1.95. The minimum atomic E-state index is -1.45. The van der Waals surface area contributed by atoms with Crippen LogP contribution in [-0.4, -0.2) is 17.5 Å². The molecule has 27 heavy (non-hydrogen) atoms. The first-order valence-corrected chi connectivity index (χ1v) is 9.74. The lowest BCUT2D eigenvalue weighted by Crippen LogP contribution is -2.38. The van der Waals surface area contributed by atoms with Gasteiger partial charge < -0.3 is 4.74 Å². The van der Waals surface area contributed by atoms with E-state index in [1.54, 1.807) is 24.3 Å². The lowest BCUT2D eigenvalue weighted by atomic mass is 9.81. The summed E-state index contributed by atoms with van der Waals surface area (Å²) in [7, 11) is 0. The number of halogens is 1. The first kappa shape index (κ1) is 18.1. The molecule has 5 heteroatoms. The lowest BCUT2D eigenvalue weighted by molar-refractivity contribution is -0.148. The second-order valence-electron chi connectivity index (χ2n) is 7.39. The summed E-state index contributed by atoms with van der Waals surface area (Å²) in [6, 6.07) is 12.6. The number of Topliss-reactive ketones (excluding diaryl/α,β-unsaturated/α-hetero) is 2. The zero-order valence-corrected chi connectivity index (χ0v) is 16.9. The summed E-state index contributed by atoms with van der Waals surface area (Å²) in [5.41, 5.74) is -0.266. The minimum absolute atomic E-state index is 0.171. The molecule has 0 aromatic heterocycles. The van der Waals surface area contributed by atoms with E-state index in [0.717, 1.165) is 15.6 Å². The van der Waals surface area contributed by atoms with Gasteiger partial charge >= 0.3 is 5.97 Å². The van der Waals surface area contributed by atoms with Crippen molar-refractivity contribution in [3.8, 4) is 5.75 Å². The zero-order valence-electron chi connectivity index (χ0n) is 15.3. The molecule has 0 radical (unpaired) electrons. The molecule has 0 unspecified atom stereocenters. The summed E-state index contributed by atoms with van der Waals surface area (Å²) in [4.78, 5) is 39.4. The highest BCUT2D eigenvalue weighted by molar-refractivity contribution is 9.10. The first-order chi connectivity index (χ1) is 12.8. The van der Waals surface area contributed by atoms with Gasteiger partial charge in [-0.15, -0.1) is 0 Å². The van der Waals surface area contributed by atoms with Crippen molar-refractivity contribution in [1.82, 2.24) is 0 Å². The summed E-state index contributed by atoms with van der Waals surface area (Å²) in [6.07, 6.45) is 0.380. The molecule has 1 heterocycles. The highest BCUT2D eigenvalue weighted by Crippen LogP contribution is 2.80. The average Bonchev–Trinajstić information content (AvgIpc) is 3.29. The number of carbonyl (C=O) groups is 3. The molecule has 2 aliphatic rings. The smallest absolute Gasteiger partial charge is 0.326 e. The van der Waals surface area contributed by atoms with Crippen LogP contribution in [0.5, 0.6) is 5.75 Å². The van der Waals surface area contributed by atoms with Crippen molar-refractivity contribution in [2.75, 3.05) is 0 Å². The number of fused-ring (bicyclic) bond motifs is 3. The summed E-state index contributed by atoms with van der Waals surface area (Å²) >= 11 is 3.45. The molecule has 1 fully saturated rings. The van der Waals surface area contributed by atoms with Gasteiger partial charge in [-0.1, -0.05) is 52.7 Å². The highest BCUT2D eigenvalue weighted by Gasteiger charge is 2.87. The molecule has 2 aromatic rings. The molecule has 0 saturated heterocycles. The van der Waals surface area contributed by atoms with Gasteiger partial charge in [0.05, 0.1) is 5.41 Å². The maximum Gasteiger partial charge on any atom is 0.326 e. The van der Waals surface area contributed by atoms with Crippen LogP contribution in [0.4, 0.5) is 0 Å². The number of hydrogen-bond acceptors (Lipinski definition) is 4. The predicted octanol–water partition coefficient (Wildman–Crippen LogP) is 4.63. The minimum Gasteiger partial charge on any atom is -0.425 e. The number of hydrogen-bond donors (Lipinski definition) is 0. The molecule has 1 aliphatic carbocycles. The molecular formula is C22H19BrO4. The monoisotopic (exact) mass is 426 g/mol. The Morgan fingerprint density at radius 3 is 2.41 bits per heavy atom. The van der Waals surface area contributed by atoms with E-state index < -0.39 is 22.7 Å². The van der Waals surface area contributed by atoms with Crippen LogP contribution in [0.15, 0.2) is 46.9 Å². The van der Waals surface area contributed by atoms with Gasteiger partial charge in [0, 0.05) is 21.5 Å². The molecule has 4 nitrogen and oxygen atoms in total. The zero-order chi connectivity index (χ0) is 19.6. The Hall–Kier alpha value is -2.27. The van der Waals surface area contributed by atoms with Crippen molar-refractivity contribution in [2.24, 2.45) is 10.8 Å². The molecule has 2 aromatic carbocycles. The van der Waals surface area contributed by atoms with Crippen LogP contribution < -0.4 is 4.74 Å². The molecule has 0 N–H and O–H groups in total. The van der Waals surface area contributed by atoms with Crippen LogP contribution >= 0.6 is 15.9 Å². The van der Waals surface area contributed by atoms with Crippen molar-refractivity contribution < 1.29 is 19.1 Å². The van der Waals surface area contributed by atoms with E-state index in [-0.39, 0.29) is 11.6 Å². The van der Waals surface area contributed by atoms with E-state index in [2.05, 4.69) is 15.9 Å². The summed E-state index contributed by atoms with van der Waals surface area (Å²) in [5.74, 6) is -1.18. The molecule has 1 saturated carbocycles. The summed E-state index contributed by atoms with van der Waals surface area (Å²) < 4.78 is 6.35. The van der Waals surface area contributed by atoms with Gasteiger partial charge in [-0.3, -0.25) is 14.4 Å². The molecule has 0 bridgehead atoms. The Morgan fingerprint density at radius 1 is 1.15 bits per heavy atom. The lowest BCUT2D eigenvalue weighted by Gasteiger charge is -2.22. The number of benzene rings is 2. The highest BCUT2D eigenvalue weighted by atomic mass is 79.9. The summed E-state index contributed by atoms with van der Waals surface area (Å²) in [5, 5.41) is 0. The van der Waals surface area contributed by atoms with Crippen LogP contribution in [0.1, 0.15) is 47.7 Å². The van der Waals surface area contributed by atoms with Crippen LogP contribution in [-0.2, 0) is 9.59 Å². The van der Waals surface area contributed by atoms with Crippen LogP contribution in [0.25, 0.3) is 0 Å². The fourth-order valence-electron chi connectivity index (χ4n) is 4.93. The van der Waals surface area contributed by atoms with E-state index in [1.807, 2.05) is 32.0 Å². The average molecular weight is 427 g/mol. The van der Waals surface area contributed by atoms with Crippen LogP contribution in [0.3, 0.4) is 0 Å². The maximum absolute atomic E-state index is 13.6. The Kier molecular flexibility index (Phi) is 3.93. The molecule has 4 rings (SSSR count). The van der Waals surface area contributed by atoms with Crippen LogP contribution in [0, 0.1) is 17.8 Å². The second-order valence-corrected chi connectivity index (χ2v) is 8.30. The predicted molar refractivity (Wildman–Crippen MR) is 104 cm³/mol. The molecule has 0 spiro atoms. The van der Waals surface area contributed by atoms with Gasteiger partial charge in [0.1, 0.15) is 16.9 Å². The number of ketones is 2. The van der Waals surface area contributed by atoms with Crippen molar-refractivity contribution in [3.05, 3.63) is 63.6 Å². The van der Waals surface area contributed by atoms with Gasteiger partial charge in [0.15, 0.2) is 5.78 Å². The fourth-order valence-corrected chi connectivity index (χ4v) is 5.31. The number of esters is 1. The second kappa shape index (κ2) is 5.86. The quantitative estimate of drug-likeness (QED) is 0.309.